The fourth-order valence-corrected chi connectivity index (χ4v) is 3.20. The Kier molecular flexibility index (Phi) is 4.79. The van der Waals surface area contributed by atoms with E-state index in [4.69, 9.17) is 11.6 Å². The first-order valence-electron chi connectivity index (χ1n) is 7.89. The van der Waals surface area contributed by atoms with Crippen molar-refractivity contribution in [2.75, 3.05) is 0 Å². The first-order valence-corrected chi connectivity index (χ1v) is 9.43. The van der Waals surface area contributed by atoms with Crippen LogP contribution < -0.4 is 5.14 Å². The van der Waals surface area contributed by atoms with Crippen molar-refractivity contribution in [3.63, 3.8) is 0 Å². The molecule has 1 heterocycles. The van der Waals surface area contributed by atoms with Gasteiger partial charge in [-0.05, 0) is 55.0 Å². The summed E-state index contributed by atoms with van der Waals surface area (Å²) in [5.74, 6) is 2.50. The summed E-state index contributed by atoms with van der Waals surface area (Å²) in [6.07, 6.45) is 0.751. The molecule has 0 bridgehead atoms. The normalized spacial score (nSPS) is 12.0. The van der Waals surface area contributed by atoms with Gasteiger partial charge in [0.1, 0.15) is 0 Å². The molecule has 9 heteroatoms. The number of nitrogens with two attached hydrogens (primary N) is 1. The van der Waals surface area contributed by atoms with Crippen molar-refractivity contribution in [2.24, 2.45) is 5.14 Å². The Hall–Kier alpha value is -3.09. The summed E-state index contributed by atoms with van der Waals surface area (Å²) < 4.78 is 63.6. The van der Waals surface area contributed by atoms with Crippen molar-refractivity contribution in [2.45, 2.75) is 18.0 Å². The Balaban J connectivity index is 2.19. The number of aromatic nitrogens is 2. The number of primary sulfonamides is 1. The van der Waals surface area contributed by atoms with Crippen LogP contribution >= 0.6 is 0 Å². The monoisotopic (exact) mass is 405 g/mol. The van der Waals surface area contributed by atoms with Crippen LogP contribution in [-0.2, 0) is 16.2 Å². The SMILES string of the molecule is C#Cc1ccc(-c2cc(C(F)(F)F)nn2-c2ccc(S(N)(=O)=O)cc2)cc1C. The van der Waals surface area contributed by atoms with E-state index in [1.165, 1.54) is 24.3 Å². The van der Waals surface area contributed by atoms with Crippen LogP contribution in [0.25, 0.3) is 16.9 Å². The van der Waals surface area contributed by atoms with Gasteiger partial charge in [0.15, 0.2) is 5.69 Å². The van der Waals surface area contributed by atoms with Gasteiger partial charge in [-0.25, -0.2) is 18.2 Å². The number of sulfonamides is 1. The lowest BCUT2D eigenvalue weighted by atomic mass is 10.0. The van der Waals surface area contributed by atoms with Gasteiger partial charge in [0.2, 0.25) is 10.0 Å². The minimum atomic E-state index is -4.64. The Labute approximate surface area is 159 Å². The van der Waals surface area contributed by atoms with Crippen LogP contribution in [0, 0.1) is 19.3 Å². The van der Waals surface area contributed by atoms with Crippen molar-refractivity contribution < 1.29 is 21.6 Å². The van der Waals surface area contributed by atoms with Crippen LogP contribution in [0.3, 0.4) is 0 Å². The zero-order valence-electron chi connectivity index (χ0n) is 14.5. The van der Waals surface area contributed by atoms with Crippen molar-refractivity contribution >= 4 is 10.0 Å². The molecular formula is C19H14F3N3O2S. The largest absolute Gasteiger partial charge is 0.435 e. The second kappa shape index (κ2) is 6.82. The van der Waals surface area contributed by atoms with E-state index in [0.29, 0.717) is 11.1 Å². The molecule has 0 aliphatic carbocycles. The highest BCUT2D eigenvalue weighted by atomic mass is 32.2. The highest BCUT2D eigenvalue weighted by Gasteiger charge is 2.35. The molecule has 0 fully saturated rings. The average molecular weight is 405 g/mol. The lowest BCUT2D eigenvalue weighted by molar-refractivity contribution is -0.141. The van der Waals surface area contributed by atoms with Crippen LogP contribution in [0.2, 0.25) is 0 Å². The average Bonchev–Trinajstić information content (AvgIpc) is 3.07. The third kappa shape index (κ3) is 3.78. The van der Waals surface area contributed by atoms with Crippen LogP contribution in [-0.4, -0.2) is 18.2 Å². The lowest BCUT2D eigenvalue weighted by Crippen LogP contribution is -2.12. The van der Waals surface area contributed by atoms with Crippen LogP contribution in [0.4, 0.5) is 13.2 Å². The van der Waals surface area contributed by atoms with E-state index in [1.54, 1.807) is 25.1 Å². The Morgan fingerprint density at radius 1 is 1.11 bits per heavy atom. The summed E-state index contributed by atoms with van der Waals surface area (Å²) in [7, 11) is -3.92. The Bertz CT molecular complexity index is 1190. The maximum atomic E-state index is 13.2. The molecule has 1 aromatic heterocycles. The highest BCUT2D eigenvalue weighted by Crippen LogP contribution is 2.33. The fourth-order valence-electron chi connectivity index (χ4n) is 2.68. The van der Waals surface area contributed by atoms with E-state index in [2.05, 4.69) is 11.0 Å². The van der Waals surface area contributed by atoms with Gasteiger partial charge in [-0.2, -0.15) is 18.3 Å². The molecule has 0 spiro atoms. The van der Waals surface area contributed by atoms with Crippen molar-refractivity contribution in [3.05, 3.63) is 65.4 Å². The highest BCUT2D eigenvalue weighted by molar-refractivity contribution is 7.89. The smallest absolute Gasteiger partial charge is 0.233 e. The topological polar surface area (TPSA) is 78.0 Å². The molecule has 0 atom stereocenters. The Morgan fingerprint density at radius 2 is 1.75 bits per heavy atom. The van der Waals surface area contributed by atoms with Gasteiger partial charge in [0.05, 0.1) is 16.3 Å². The summed E-state index contributed by atoms with van der Waals surface area (Å²) in [4.78, 5) is -0.157. The molecular weight excluding hydrogens is 391 g/mol. The molecule has 5 nitrogen and oxygen atoms in total. The van der Waals surface area contributed by atoms with E-state index >= 15 is 0 Å². The van der Waals surface area contributed by atoms with E-state index in [0.717, 1.165) is 16.3 Å². The summed E-state index contributed by atoms with van der Waals surface area (Å²) in [6, 6.07) is 10.9. The van der Waals surface area contributed by atoms with E-state index in [1.807, 2.05) is 0 Å². The number of halogens is 3. The molecule has 0 radical (unpaired) electrons. The molecule has 0 unspecified atom stereocenters. The third-order valence-electron chi connectivity index (χ3n) is 4.09. The van der Waals surface area contributed by atoms with Gasteiger partial charge in [-0.3, -0.25) is 0 Å². The second-order valence-electron chi connectivity index (χ2n) is 6.04. The third-order valence-corrected chi connectivity index (χ3v) is 5.02. The first kappa shape index (κ1) is 19.7. The number of terminal acetylenes is 1. The molecule has 0 saturated heterocycles. The fraction of sp³-hybridized carbons (Fsp3) is 0.105. The molecule has 0 aliphatic heterocycles. The number of alkyl halides is 3. The minimum Gasteiger partial charge on any atom is -0.233 e. The van der Waals surface area contributed by atoms with Crippen molar-refractivity contribution in [3.8, 4) is 29.3 Å². The molecule has 3 aromatic rings. The van der Waals surface area contributed by atoms with Gasteiger partial charge in [0, 0.05) is 11.1 Å². The zero-order valence-corrected chi connectivity index (χ0v) is 15.3. The molecule has 144 valence electrons. The maximum absolute atomic E-state index is 13.2. The van der Waals surface area contributed by atoms with Crippen LogP contribution in [0.15, 0.2) is 53.4 Å². The van der Waals surface area contributed by atoms with Gasteiger partial charge < -0.3 is 0 Å². The van der Waals surface area contributed by atoms with E-state index in [-0.39, 0.29) is 16.3 Å². The lowest BCUT2D eigenvalue weighted by Gasteiger charge is -2.10. The Morgan fingerprint density at radius 3 is 2.25 bits per heavy atom. The predicted molar refractivity (Wildman–Crippen MR) is 98.0 cm³/mol. The molecule has 2 aromatic carbocycles. The number of nitrogens with zero attached hydrogens (tertiary/aromatic N) is 2. The van der Waals surface area contributed by atoms with Crippen LogP contribution in [0.5, 0.6) is 0 Å². The van der Waals surface area contributed by atoms with Gasteiger partial charge in [0.25, 0.3) is 0 Å². The van der Waals surface area contributed by atoms with E-state index < -0.39 is 21.9 Å². The second-order valence-corrected chi connectivity index (χ2v) is 7.60. The number of benzene rings is 2. The molecule has 0 saturated carbocycles. The van der Waals surface area contributed by atoms with Crippen LogP contribution in [0.1, 0.15) is 16.8 Å². The summed E-state index contributed by atoms with van der Waals surface area (Å²) >= 11 is 0. The van der Waals surface area contributed by atoms with Crippen molar-refractivity contribution in [1.29, 1.82) is 0 Å². The summed E-state index contributed by atoms with van der Waals surface area (Å²) in [5.41, 5.74) is 1.19. The minimum absolute atomic E-state index is 0.157. The first-order chi connectivity index (χ1) is 13.0. The van der Waals surface area contributed by atoms with Gasteiger partial charge in [-0.15, -0.1) is 6.42 Å². The van der Waals surface area contributed by atoms with E-state index in [9.17, 15) is 21.6 Å². The maximum Gasteiger partial charge on any atom is 0.435 e. The predicted octanol–water partition coefficient (Wildman–Crippen LogP) is 3.50. The number of rotatable bonds is 3. The van der Waals surface area contributed by atoms with Gasteiger partial charge >= 0.3 is 6.18 Å². The quantitative estimate of drug-likeness (QED) is 0.678. The number of aryl methyl sites for hydroxylation is 1. The van der Waals surface area contributed by atoms with Crippen molar-refractivity contribution in [1.82, 2.24) is 9.78 Å². The molecule has 28 heavy (non-hydrogen) atoms. The summed E-state index contributed by atoms with van der Waals surface area (Å²) in [5, 5.41) is 8.72. The molecule has 0 amide bonds. The van der Waals surface area contributed by atoms with Gasteiger partial charge in [-0.1, -0.05) is 12.0 Å². The zero-order chi connectivity index (χ0) is 20.7. The summed E-state index contributed by atoms with van der Waals surface area (Å²) in [6.45, 7) is 1.75. The molecule has 2 N–H and O–H groups in total. The molecule has 3 rings (SSSR count). The number of hydrogen-bond acceptors (Lipinski definition) is 3. The standard InChI is InChI=1S/C19H14F3N3O2S/c1-3-13-4-5-14(10-12(13)2)17-11-18(19(20,21)22)24-25(17)15-6-8-16(9-7-15)28(23,26)27/h1,4-11H,2H3,(H2,23,26,27). The molecule has 0 aliphatic rings. The number of hydrogen-bond donors (Lipinski definition) is 1.